The van der Waals surface area contributed by atoms with Crippen LogP contribution in [0.25, 0.3) is 0 Å². The monoisotopic (exact) mass is 239 g/mol. The fourth-order valence-corrected chi connectivity index (χ4v) is 1.76. The molecule has 0 aliphatic carbocycles. The van der Waals surface area contributed by atoms with Crippen molar-refractivity contribution in [1.82, 2.24) is 10.1 Å². The van der Waals surface area contributed by atoms with Crippen LogP contribution < -0.4 is 5.73 Å². The van der Waals surface area contributed by atoms with E-state index in [9.17, 15) is 0 Å². The van der Waals surface area contributed by atoms with E-state index in [1.54, 1.807) is 0 Å². The van der Waals surface area contributed by atoms with Gasteiger partial charge < -0.3 is 15.0 Å². The molecule has 5 heteroatoms. The summed E-state index contributed by atoms with van der Waals surface area (Å²) in [6.07, 6.45) is 2.67. The highest BCUT2D eigenvalue weighted by Crippen LogP contribution is 2.27. The first-order valence-corrected chi connectivity index (χ1v) is 6.16. The van der Waals surface area contributed by atoms with Crippen molar-refractivity contribution in [2.24, 2.45) is 11.1 Å². The zero-order valence-corrected chi connectivity index (χ0v) is 10.8. The summed E-state index contributed by atoms with van der Waals surface area (Å²) in [7, 11) is 0. The van der Waals surface area contributed by atoms with Gasteiger partial charge in [0.25, 0.3) is 0 Å². The number of nitrogens with zero attached hydrogens (tertiary/aromatic N) is 2. The lowest BCUT2D eigenvalue weighted by atomic mass is 9.85. The molecule has 0 spiro atoms. The van der Waals surface area contributed by atoms with Gasteiger partial charge in [0.15, 0.2) is 0 Å². The van der Waals surface area contributed by atoms with Crippen LogP contribution in [-0.4, -0.2) is 22.8 Å². The standard InChI is InChI=1S/C12H21N3O2/c1-12(2,3)9(13)7-10-14-11(15-17-10)8-5-4-6-16-8/h8-9H,4-7,13H2,1-3H3. The fraction of sp³-hybridized carbons (Fsp3) is 0.833. The first-order valence-electron chi connectivity index (χ1n) is 6.16. The molecule has 0 amide bonds. The van der Waals surface area contributed by atoms with Gasteiger partial charge in [0.05, 0.1) is 0 Å². The quantitative estimate of drug-likeness (QED) is 0.871. The van der Waals surface area contributed by atoms with Crippen molar-refractivity contribution in [2.45, 2.75) is 52.2 Å². The Labute approximate surface area is 102 Å². The Morgan fingerprint density at radius 2 is 2.24 bits per heavy atom. The van der Waals surface area contributed by atoms with Crippen molar-refractivity contribution < 1.29 is 9.26 Å². The molecule has 1 aliphatic heterocycles. The van der Waals surface area contributed by atoms with E-state index in [1.165, 1.54) is 0 Å². The molecule has 2 heterocycles. The highest BCUT2D eigenvalue weighted by molar-refractivity contribution is 4.96. The van der Waals surface area contributed by atoms with Gasteiger partial charge in [-0.3, -0.25) is 0 Å². The molecule has 0 bridgehead atoms. The molecule has 2 rings (SSSR count). The lowest BCUT2D eigenvalue weighted by Gasteiger charge is -2.25. The maximum absolute atomic E-state index is 6.09. The third-order valence-electron chi connectivity index (χ3n) is 3.21. The third kappa shape index (κ3) is 3.04. The highest BCUT2D eigenvalue weighted by atomic mass is 16.5. The molecule has 1 saturated heterocycles. The summed E-state index contributed by atoms with van der Waals surface area (Å²) in [4.78, 5) is 4.36. The van der Waals surface area contributed by atoms with Gasteiger partial charge in [0, 0.05) is 19.1 Å². The van der Waals surface area contributed by atoms with Crippen LogP contribution in [0.2, 0.25) is 0 Å². The second-order valence-corrected chi connectivity index (χ2v) is 5.72. The van der Waals surface area contributed by atoms with Crippen molar-refractivity contribution in [2.75, 3.05) is 6.61 Å². The van der Waals surface area contributed by atoms with Gasteiger partial charge in [-0.2, -0.15) is 4.98 Å². The van der Waals surface area contributed by atoms with Gasteiger partial charge in [0.1, 0.15) is 6.10 Å². The Morgan fingerprint density at radius 1 is 1.47 bits per heavy atom. The topological polar surface area (TPSA) is 74.2 Å². The molecule has 1 aromatic rings. The summed E-state index contributed by atoms with van der Waals surface area (Å²) in [6.45, 7) is 7.11. The Bertz CT molecular complexity index is 364. The number of hydrogen-bond acceptors (Lipinski definition) is 5. The van der Waals surface area contributed by atoms with Gasteiger partial charge >= 0.3 is 0 Å². The van der Waals surface area contributed by atoms with Gasteiger partial charge in [0.2, 0.25) is 11.7 Å². The molecular weight excluding hydrogens is 218 g/mol. The number of nitrogens with two attached hydrogens (primary N) is 1. The molecule has 1 aromatic heterocycles. The molecule has 17 heavy (non-hydrogen) atoms. The van der Waals surface area contributed by atoms with Gasteiger partial charge in [-0.1, -0.05) is 25.9 Å². The van der Waals surface area contributed by atoms with Crippen molar-refractivity contribution in [3.05, 3.63) is 11.7 Å². The van der Waals surface area contributed by atoms with Crippen LogP contribution in [0.5, 0.6) is 0 Å². The Kier molecular flexibility index (Phi) is 3.49. The molecule has 96 valence electrons. The lowest BCUT2D eigenvalue weighted by Crippen LogP contribution is -2.37. The molecule has 0 radical (unpaired) electrons. The fourth-order valence-electron chi connectivity index (χ4n) is 1.76. The Balaban J connectivity index is 1.98. The maximum Gasteiger partial charge on any atom is 0.228 e. The second kappa shape index (κ2) is 4.74. The zero-order valence-electron chi connectivity index (χ0n) is 10.8. The van der Waals surface area contributed by atoms with Crippen LogP contribution in [-0.2, 0) is 11.2 Å². The summed E-state index contributed by atoms with van der Waals surface area (Å²) in [5.41, 5.74) is 6.13. The van der Waals surface area contributed by atoms with Gasteiger partial charge in [-0.25, -0.2) is 0 Å². The highest BCUT2D eigenvalue weighted by Gasteiger charge is 2.26. The van der Waals surface area contributed by atoms with Crippen LogP contribution in [0, 0.1) is 5.41 Å². The maximum atomic E-state index is 6.09. The van der Waals surface area contributed by atoms with Crippen LogP contribution in [0.4, 0.5) is 0 Å². The molecule has 0 aromatic carbocycles. The van der Waals surface area contributed by atoms with Crippen molar-refractivity contribution in [3.8, 4) is 0 Å². The van der Waals surface area contributed by atoms with Crippen molar-refractivity contribution in [3.63, 3.8) is 0 Å². The van der Waals surface area contributed by atoms with E-state index in [0.717, 1.165) is 19.4 Å². The molecule has 1 fully saturated rings. The smallest absolute Gasteiger partial charge is 0.228 e. The zero-order chi connectivity index (χ0) is 12.5. The average Bonchev–Trinajstić information content (AvgIpc) is 2.83. The normalized spacial score (nSPS) is 22.9. The summed E-state index contributed by atoms with van der Waals surface area (Å²) in [6, 6.07) is 0.0142. The SMILES string of the molecule is CC(C)(C)C(N)Cc1nc(C2CCCO2)no1. The molecule has 2 unspecified atom stereocenters. The minimum absolute atomic E-state index is 0.0124. The molecule has 0 saturated carbocycles. The minimum Gasteiger partial charge on any atom is -0.370 e. The van der Waals surface area contributed by atoms with E-state index < -0.39 is 0 Å². The number of rotatable bonds is 3. The summed E-state index contributed by atoms with van der Waals surface area (Å²) in [5, 5.41) is 3.97. The first-order chi connectivity index (χ1) is 7.97. The molecule has 2 N–H and O–H groups in total. The van der Waals surface area contributed by atoms with Crippen molar-refractivity contribution in [1.29, 1.82) is 0 Å². The Hall–Kier alpha value is -0.940. The van der Waals surface area contributed by atoms with E-state index in [4.69, 9.17) is 15.0 Å². The van der Waals surface area contributed by atoms with Crippen LogP contribution in [0.3, 0.4) is 0 Å². The number of ether oxygens (including phenoxy) is 1. The van der Waals surface area contributed by atoms with E-state index >= 15 is 0 Å². The summed E-state index contributed by atoms with van der Waals surface area (Å²) >= 11 is 0. The largest absolute Gasteiger partial charge is 0.370 e. The molecule has 2 atom stereocenters. The predicted octanol–water partition coefficient (Wildman–Crippen LogP) is 1.84. The molecular formula is C12H21N3O2. The first kappa shape index (κ1) is 12.5. The third-order valence-corrected chi connectivity index (χ3v) is 3.21. The molecule has 1 aliphatic rings. The number of hydrogen-bond donors (Lipinski definition) is 1. The summed E-state index contributed by atoms with van der Waals surface area (Å²) < 4.78 is 10.7. The van der Waals surface area contributed by atoms with Crippen LogP contribution >= 0.6 is 0 Å². The van der Waals surface area contributed by atoms with Crippen molar-refractivity contribution >= 4 is 0 Å². The number of aromatic nitrogens is 2. The van der Waals surface area contributed by atoms with Gasteiger partial charge in [-0.15, -0.1) is 0 Å². The lowest BCUT2D eigenvalue weighted by molar-refractivity contribution is 0.103. The summed E-state index contributed by atoms with van der Waals surface area (Å²) in [5.74, 6) is 1.27. The Morgan fingerprint density at radius 3 is 2.82 bits per heavy atom. The molecule has 5 nitrogen and oxygen atoms in total. The van der Waals surface area contributed by atoms with Crippen LogP contribution in [0.1, 0.15) is 51.4 Å². The minimum atomic E-state index is 0.0124. The second-order valence-electron chi connectivity index (χ2n) is 5.72. The van der Waals surface area contributed by atoms with Crippen LogP contribution in [0.15, 0.2) is 4.52 Å². The van der Waals surface area contributed by atoms with E-state index in [0.29, 0.717) is 18.1 Å². The van der Waals surface area contributed by atoms with E-state index in [-0.39, 0.29) is 17.6 Å². The van der Waals surface area contributed by atoms with E-state index in [2.05, 4.69) is 30.9 Å². The predicted molar refractivity (Wildman–Crippen MR) is 63.4 cm³/mol. The van der Waals surface area contributed by atoms with E-state index in [1.807, 2.05) is 0 Å². The van der Waals surface area contributed by atoms with Gasteiger partial charge in [-0.05, 0) is 18.3 Å². The average molecular weight is 239 g/mol.